The molecule has 1 atom stereocenters. The van der Waals surface area contributed by atoms with Gasteiger partial charge in [0.25, 0.3) is 5.91 Å². The molecule has 0 radical (unpaired) electrons. The third-order valence-corrected chi connectivity index (χ3v) is 4.38. The summed E-state index contributed by atoms with van der Waals surface area (Å²) in [5.74, 6) is 2.96. The number of thioether (sulfide) groups is 1. The van der Waals surface area contributed by atoms with Gasteiger partial charge in [0.15, 0.2) is 0 Å². The predicted octanol–water partition coefficient (Wildman–Crippen LogP) is 2.40. The molecule has 0 saturated carbocycles. The summed E-state index contributed by atoms with van der Waals surface area (Å²) in [4.78, 5) is 18.9. The smallest absolute Gasteiger partial charge is 0.254 e. The molecule has 0 bridgehead atoms. The number of aryl methyl sites for hydroxylation is 1. The maximum Gasteiger partial charge on any atom is 0.254 e. The van der Waals surface area contributed by atoms with Crippen LogP contribution in [0.15, 0.2) is 12.1 Å². The van der Waals surface area contributed by atoms with Crippen molar-refractivity contribution in [3.05, 3.63) is 23.4 Å². The molecule has 5 heteroatoms. The Morgan fingerprint density at radius 1 is 1.58 bits per heavy atom. The van der Waals surface area contributed by atoms with Crippen LogP contribution in [0.5, 0.6) is 0 Å². The van der Waals surface area contributed by atoms with Crippen LogP contribution in [0.1, 0.15) is 29.9 Å². The van der Waals surface area contributed by atoms with Crippen LogP contribution in [0.25, 0.3) is 0 Å². The van der Waals surface area contributed by atoms with Gasteiger partial charge in [-0.3, -0.25) is 4.79 Å². The van der Waals surface area contributed by atoms with Crippen molar-refractivity contribution < 1.29 is 4.79 Å². The molecule has 1 aliphatic rings. The normalized spacial score (nSPS) is 19.3. The summed E-state index contributed by atoms with van der Waals surface area (Å²) in [6.45, 7) is 7.70. The first-order valence-corrected chi connectivity index (χ1v) is 7.88. The average Bonchev–Trinajstić information content (AvgIpc) is 2.38. The first-order chi connectivity index (χ1) is 9.11. The number of carbonyl (C=O) groups excluding carboxylic acids is 1. The number of amides is 1. The van der Waals surface area contributed by atoms with E-state index < -0.39 is 0 Å². The fraction of sp³-hybridized carbons (Fsp3) is 0.571. The molecule has 1 aromatic rings. The Hall–Kier alpha value is -1.23. The third kappa shape index (κ3) is 3.41. The molecule has 1 aliphatic heterocycles. The standard InChI is InChI=1S/C14H21N3OS/c1-4-15-13-8-12(7-10(2)16-13)14(18)17-5-6-19-9-11(17)3/h7-8,11H,4-6,9H2,1-3H3,(H,15,16). The summed E-state index contributed by atoms with van der Waals surface area (Å²) in [6.07, 6.45) is 0. The minimum absolute atomic E-state index is 0.123. The van der Waals surface area contributed by atoms with E-state index in [9.17, 15) is 4.79 Å². The first-order valence-electron chi connectivity index (χ1n) is 6.73. The Morgan fingerprint density at radius 3 is 3.05 bits per heavy atom. The Kier molecular flexibility index (Phi) is 4.69. The lowest BCUT2D eigenvalue weighted by molar-refractivity contribution is 0.0716. The van der Waals surface area contributed by atoms with Gasteiger partial charge >= 0.3 is 0 Å². The van der Waals surface area contributed by atoms with Crippen molar-refractivity contribution in [2.45, 2.75) is 26.8 Å². The number of aromatic nitrogens is 1. The largest absolute Gasteiger partial charge is 0.370 e. The van der Waals surface area contributed by atoms with Gasteiger partial charge in [-0.05, 0) is 32.9 Å². The van der Waals surface area contributed by atoms with Crippen LogP contribution in [0.4, 0.5) is 5.82 Å². The van der Waals surface area contributed by atoms with Gasteiger partial charge in [0.2, 0.25) is 0 Å². The number of nitrogens with zero attached hydrogens (tertiary/aromatic N) is 2. The van der Waals surface area contributed by atoms with Crippen LogP contribution in [-0.2, 0) is 0 Å². The Balaban J connectivity index is 2.22. The van der Waals surface area contributed by atoms with Crippen molar-refractivity contribution in [1.29, 1.82) is 0 Å². The Bertz CT molecular complexity index is 464. The molecule has 1 saturated heterocycles. The zero-order valence-corrected chi connectivity index (χ0v) is 12.6. The highest BCUT2D eigenvalue weighted by atomic mass is 32.2. The van der Waals surface area contributed by atoms with E-state index in [2.05, 4.69) is 17.2 Å². The van der Waals surface area contributed by atoms with Crippen LogP contribution < -0.4 is 5.32 Å². The molecule has 1 fully saturated rings. The van der Waals surface area contributed by atoms with Crippen LogP contribution >= 0.6 is 11.8 Å². The summed E-state index contributed by atoms with van der Waals surface area (Å²) < 4.78 is 0. The van der Waals surface area contributed by atoms with Crippen LogP contribution in [0.2, 0.25) is 0 Å². The van der Waals surface area contributed by atoms with Crippen molar-refractivity contribution in [1.82, 2.24) is 9.88 Å². The number of hydrogen-bond acceptors (Lipinski definition) is 4. The molecule has 0 aromatic carbocycles. The summed E-state index contributed by atoms with van der Waals surface area (Å²) >= 11 is 1.92. The fourth-order valence-electron chi connectivity index (χ4n) is 2.26. The SMILES string of the molecule is CCNc1cc(C(=O)N2CCSCC2C)cc(C)n1. The van der Waals surface area contributed by atoms with Crippen molar-refractivity contribution in [3.63, 3.8) is 0 Å². The van der Waals surface area contributed by atoms with E-state index in [-0.39, 0.29) is 5.91 Å². The topological polar surface area (TPSA) is 45.2 Å². The van der Waals surface area contributed by atoms with E-state index in [1.807, 2.05) is 42.6 Å². The minimum atomic E-state index is 0.123. The lowest BCUT2D eigenvalue weighted by Crippen LogP contribution is -2.44. The highest BCUT2D eigenvalue weighted by Crippen LogP contribution is 2.20. The van der Waals surface area contributed by atoms with Crippen molar-refractivity contribution in [2.24, 2.45) is 0 Å². The Labute approximate surface area is 119 Å². The molecule has 2 heterocycles. The number of anilines is 1. The molecule has 0 spiro atoms. The van der Waals surface area contributed by atoms with Crippen LogP contribution in [0.3, 0.4) is 0 Å². The van der Waals surface area contributed by atoms with Gasteiger partial charge in [0.05, 0.1) is 0 Å². The number of hydrogen-bond donors (Lipinski definition) is 1. The molecule has 2 rings (SSSR count). The van der Waals surface area contributed by atoms with Gasteiger partial charge < -0.3 is 10.2 Å². The van der Waals surface area contributed by atoms with Crippen LogP contribution in [0, 0.1) is 6.92 Å². The van der Waals surface area contributed by atoms with E-state index in [0.29, 0.717) is 6.04 Å². The predicted molar refractivity (Wildman–Crippen MR) is 81.0 cm³/mol. The molecule has 0 aliphatic carbocycles. The lowest BCUT2D eigenvalue weighted by Gasteiger charge is -2.33. The summed E-state index contributed by atoms with van der Waals surface area (Å²) in [7, 11) is 0. The van der Waals surface area contributed by atoms with E-state index in [1.54, 1.807) is 0 Å². The second-order valence-corrected chi connectivity index (χ2v) is 5.99. The van der Waals surface area contributed by atoms with E-state index >= 15 is 0 Å². The number of nitrogens with one attached hydrogen (secondary N) is 1. The molecular weight excluding hydrogens is 258 g/mol. The summed E-state index contributed by atoms with van der Waals surface area (Å²) in [5, 5.41) is 3.17. The van der Waals surface area contributed by atoms with Gasteiger partial charge in [0, 0.05) is 41.9 Å². The Morgan fingerprint density at radius 2 is 2.37 bits per heavy atom. The number of pyridine rings is 1. The second-order valence-electron chi connectivity index (χ2n) is 4.84. The van der Waals surface area contributed by atoms with Gasteiger partial charge in [-0.25, -0.2) is 4.98 Å². The van der Waals surface area contributed by atoms with Gasteiger partial charge in [-0.2, -0.15) is 11.8 Å². The summed E-state index contributed by atoms with van der Waals surface area (Å²) in [5.41, 5.74) is 1.61. The van der Waals surface area contributed by atoms with Crippen LogP contribution in [-0.4, -0.2) is 46.4 Å². The zero-order valence-electron chi connectivity index (χ0n) is 11.8. The molecular formula is C14H21N3OS. The van der Waals surface area contributed by atoms with E-state index in [0.717, 1.165) is 41.7 Å². The maximum atomic E-state index is 12.6. The molecule has 1 unspecified atom stereocenters. The molecule has 104 valence electrons. The fourth-order valence-corrected chi connectivity index (χ4v) is 3.27. The number of rotatable bonds is 3. The quantitative estimate of drug-likeness (QED) is 0.923. The molecule has 1 aromatic heterocycles. The van der Waals surface area contributed by atoms with Crippen molar-refractivity contribution in [2.75, 3.05) is 29.9 Å². The molecule has 4 nitrogen and oxygen atoms in total. The molecule has 1 N–H and O–H groups in total. The van der Waals surface area contributed by atoms with Gasteiger partial charge in [0.1, 0.15) is 5.82 Å². The minimum Gasteiger partial charge on any atom is -0.370 e. The monoisotopic (exact) mass is 279 g/mol. The van der Waals surface area contributed by atoms with E-state index in [4.69, 9.17) is 0 Å². The van der Waals surface area contributed by atoms with Gasteiger partial charge in [-0.1, -0.05) is 0 Å². The summed E-state index contributed by atoms with van der Waals surface area (Å²) in [6, 6.07) is 4.03. The second kappa shape index (κ2) is 6.28. The van der Waals surface area contributed by atoms with Crippen molar-refractivity contribution in [3.8, 4) is 0 Å². The van der Waals surface area contributed by atoms with Gasteiger partial charge in [-0.15, -0.1) is 0 Å². The molecule has 1 amide bonds. The maximum absolute atomic E-state index is 12.6. The highest BCUT2D eigenvalue weighted by Gasteiger charge is 2.24. The number of carbonyl (C=O) groups is 1. The van der Waals surface area contributed by atoms with E-state index in [1.165, 1.54) is 0 Å². The zero-order chi connectivity index (χ0) is 13.8. The third-order valence-electron chi connectivity index (χ3n) is 3.19. The highest BCUT2D eigenvalue weighted by molar-refractivity contribution is 7.99. The lowest BCUT2D eigenvalue weighted by atomic mass is 10.1. The first kappa shape index (κ1) is 14.2. The average molecular weight is 279 g/mol. The van der Waals surface area contributed by atoms with Crippen molar-refractivity contribution >= 4 is 23.5 Å². The molecule has 19 heavy (non-hydrogen) atoms.